The van der Waals surface area contributed by atoms with Crippen LogP contribution in [-0.2, 0) is 11.3 Å². The summed E-state index contributed by atoms with van der Waals surface area (Å²) >= 11 is 0. The molecule has 1 aliphatic rings. The van der Waals surface area contributed by atoms with Crippen LogP contribution in [-0.4, -0.2) is 59.9 Å². The fraction of sp³-hybridized carbons (Fsp3) is 0.350. The van der Waals surface area contributed by atoms with Gasteiger partial charge in [-0.3, -0.25) is 14.5 Å². The maximum absolute atomic E-state index is 12.4. The van der Waals surface area contributed by atoms with Crippen LogP contribution in [0.4, 0.5) is 5.69 Å². The molecule has 0 spiro atoms. The van der Waals surface area contributed by atoms with Gasteiger partial charge in [-0.25, -0.2) is 4.98 Å². The van der Waals surface area contributed by atoms with Gasteiger partial charge in [0, 0.05) is 51.5 Å². The number of nitrogens with one attached hydrogen (secondary N) is 1. The lowest BCUT2D eigenvalue weighted by molar-refractivity contribution is -0.130. The topological polar surface area (TPSA) is 74.8 Å². The summed E-state index contributed by atoms with van der Waals surface area (Å²) in [6, 6.07) is 11.2. The predicted octanol–water partition coefficient (Wildman–Crippen LogP) is 2.01. The van der Waals surface area contributed by atoms with Gasteiger partial charge >= 0.3 is 0 Å². The molecule has 0 unspecified atom stereocenters. The maximum atomic E-state index is 12.4. The van der Waals surface area contributed by atoms with Gasteiger partial charge in [-0.1, -0.05) is 12.1 Å². The van der Waals surface area contributed by atoms with Crippen molar-refractivity contribution in [2.45, 2.75) is 13.5 Å². The summed E-state index contributed by atoms with van der Waals surface area (Å²) in [6.07, 6.45) is 1.56. The highest BCUT2D eigenvalue weighted by atomic mass is 16.5. The van der Waals surface area contributed by atoms with E-state index in [4.69, 9.17) is 4.74 Å². The van der Waals surface area contributed by atoms with E-state index in [-0.39, 0.29) is 17.5 Å². The van der Waals surface area contributed by atoms with Crippen LogP contribution in [0.25, 0.3) is 0 Å². The summed E-state index contributed by atoms with van der Waals surface area (Å²) in [6.45, 7) is 5.73. The molecule has 1 aromatic carbocycles. The van der Waals surface area contributed by atoms with Gasteiger partial charge in [-0.15, -0.1) is 0 Å². The molecule has 142 valence electrons. The van der Waals surface area contributed by atoms with E-state index in [1.807, 2.05) is 29.2 Å². The number of rotatable bonds is 5. The second-order valence-electron chi connectivity index (χ2n) is 6.49. The summed E-state index contributed by atoms with van der Waals surface area (Å²) in [4.78, 5) is 32.1. The highest BCUT2D eigenvalue weighted by molar-refractivity contribution is 6.04. The Morgan fingerprint density at radius 3 is 2.44 bits per heavy atom. The SMILES string of the molecule is COc1cccnc1C(=O)Nc1ccc(CN2CCN(C(C)=O)CC2)cc1. The number of amides is 2. The fourth-order valence-electron chi connectivity index (χ4n) is 3.09. The van der Waals surface area contributed by atoms with Crippen LogP contribution in [0, 0.1) is 0 Å². The number of benzene rings is 1. The molecule has 7 heteroatoms. The van der Waals surface area contributed by atoms with Gasteiger partial charge in [0.2, 0.25) is 5.91 Å². The largest absolute Gasteiger partial charge is 0.494 e. The van der Waals surface area contributed by atoms with E-state index in [0.29, 0.717) is 11.4 Å². The van der Waals surface area contributed by atoms with Gasteiger partial charge in [-0.05, 0) is 29.8 Å². The molecule has 0 atom stereocenters. The molecule has 0 bridgehead atoms. The maximum Gasteiger partial charge on any atom is 0.278 e. The standard InChI is InChI=1S/C20H24N4O3/c1-15(25)24-12-10-23(11-13-24)14-16-5-7-17(8-6-16)22-20(26)19-18(27-2)4-3-9-21-19/h3-9H,10-14H2,1-2H3,(H,22,26). The number of anilines is 1. The van der Waals surface area contributed by atoms with E-state index in [0.717, 1.165) is 32.7 Å². The third-order valence-corrected chi connectivity index (χ3v) is 4.64. The lowest BCUT2D eigenvalue weighted by Crippen LogP contribution is -2.47. The smallest absolute Gasteiger partial charge is 0.278 e. The molecule has 1 N–H and O–H groups in total. The number of aromatic nitrogens is 1. The van der Waals surface area contributed by atoms with Gasteiger partial charge < -0.3 is 15.0 Å². The molecule has 0 aliphatic carbocycles. The van der Waals surface area contributed by atoms with Crippen molar-refractivity contribution < 1.29 is 14.3 Å². The summed E-state index contributed by atoms with van der Waals surface area (Å²) in [5, 5.41) is 2.84. The van der Waals surface area contributed by atoms with Gasteiger partial charge in [-0.2, -0.15) is 0 Å². The molecule has 7 nitrogen and oxygen atoms in total. The van der Waals surface area contributed by atoms with Gasteiger partial charge in [0.05, 0.1) is 7.11 Å². The Bertz CT molecular complexity index is 799. The molecule has 1 fully saturated rings. The summed E-state index contributed by atoms with van der Waals surface area (Å²) in [5.41, 5.74) is 2.13. The lowest BCUT2D eigenvalue weighted by Gasteiger charge is -2.34. The van der Waals surface area contributed by atoms with Crippen LogP contribution in [0.15, 0.2) is 42.6 Å². The van der Waals surface area contributed by atoms with E-state index in [9.17, 15) is 9.59 Å². The Morgan fingerprint density at radius 1 is 1.11 bits per heavy atom. The van der Waals surface area contributed by atoms with E-state index in [1.165, 1.54) is 12.7 Å². The van der Waals surface area contributed by atoms with Crippen LogP contribution >= 0.6 is 0 Å². The van der Waals surface area contributed by atoms with Crippen molar-refractivity contribution in [2.24, 2.45) is 0 Å². The summed E-state index contributed by atoms with van der Waals surface area (Å²) in [5.74, 6) is 0.274. The predicted molar refractivity (Wildman–Crippen MR) is 103 cm³/mol. The molecule has 27 heavy (non-hydrogen) atoms. The van der Waals surface area contributed by atoms with Gasteiger partial charge in [0.25, 0.3) is 5.91 Å². The molecule has 1 aliphatic heterocycles. The highest BCUT2D eigenvalue weighted by Crippen LogP contribution is 2.18. The quantitative estimate of drug-likeness (QED) is 0.874. The van der Waals surface area contributed by atoms with E-state index in [1.54, 1.807) is 25.3 Å². The number of hydrogen-bond donors (Lipinski definition) is 1. The van der Waals surface area contributed by atoms with Crippen LogP contribution in [0.5, 0.6) is 5.75 Å². The van der Waals surface area contributed by atoms with E-state index in [2.05, 4.69) is 15.2 Å². The van der Waals surface area contributed by atoms with Crippen molar-refractivity contribution in [3.63, 3.8) is 0 Å². The Hall–Kier alpha value is -2.93. The number of carbonyl (C=O) groups excluding carboxylic acids is 2. The van der Waals surface area contributed by atoms with Crippen LogP contribution < -0.4 is 10.1 Å². The molecule has 1 saturated heterocycles. The van der Waals surface area contributed by atoms with Crippen LogP contribution in [0.1, 0.15) is 23.0 Å². The third kappa shape index (κ3) is 4.83. The highest BCUT2D eigenvalue weighted by Gasteiger charge is 2.18. The fourth-order valence-corrected chi connectivity index (χ4v) is 3.09. The Kier molecular flexibility index (Phi) is 6.03. The number of hydrogen-bond acceptors (Lipinski definition) is 5. The molecule has 3 rings (SSSR count). The van der Waals surface area contributed by atoms with Crippen LogP contribution in [0.3, 0.4) is 0 Å². The Balaban J connectivity index is 1.56. The molecule has 1 aromatic heterocycles. The lowest BCUT2D eigenvalue weighted by atomic mass is 10.1. The van der Waals surface area contributed by atoms with Crippen molar-refractivity contribution in [1.82, 2.24) is 14.8 Å². The molecular formula is C20H24N4O3. The van der Waals surface area contributed by atoms with E-state index >= 15 is 0 Å². The van der Waals surface area contributed by atoms with Gasteiger partial charge in [0.15, 0.2) is 5.69 Å². The first-order chi connectivity index (χ1) is 13.1. The van der Waals surface area contributed by atoms with Crippen molar-refractivity contribution in [2.75, 3.05) is 38.6 Å². The average Bonchev–Trinajstić information content (AvgIpc) is 2.69. The second kappa shape index (κ2) is 8.64. The molecule has 2 amide bonds. The molecule has 0 radical (unpaired) electrons. The zero-order chi connectivity index (χ0) is 19.2. The minimum atomic E-state index is -0.305. The zero-order valence-corrected chi connectivity index (χ0v) is 15.6. The van der Waals surface area contributed by atoms with Crippen molar-refractivity contribution in [3.05, 3.63) is 53.9 Å². The first-order valence-corrected chi connectivity index (χ1v) is 8.94. The number of nitrogens with zero attached hydrogens (tertiary/aromatic N) is 3. The molecular weight excluding hydrogens is 344 g/mol. The van der Waals surface area contributed by atoms with Crippen LogP contribution in [0.2, 0.25) is 0 Å². The van der Waals surface area contributed by atoms with Crippen molar-refractivity contribution >= 4 is 17.5 Å². The first-order valence-electron chi connectivity index (χ1n) is 8.94. The normalized spacial score (nSPS) is 14.7. The molecule has 2 heterocycles. The average molecular weight is 368 g/mol. The minimum absolute atomic E-state index is 0.138. The first kappa shape index (κ1) is 18.8. The number of piperazine rings is 1. The molecule has 0 saturated carbocycles. The number of ether oxygens (including phenoxy) is 1. The number of methoxy groups -OCH3 is 1. The van der Waals surface area contributed by atoms with Crippen molar-refractivity contribution in [1.29, 1.82) is 0 Å². The number of pyridine rings is 1. The summed E-state index contributed by atoms with van der Waals surface area (Å²) < 4.78 is 5.18. The Labute approximate surface area is 158 Å². The minimum Gasteiger partial charge on any atom is -0.494 e. The van der Waals surface area contributed by atoms with Gasteiger partial charge in [0.1, 0.15) is 5.75 Å². The Morgan fingerprint density at radius 2 is 1.81 bits per heavy atom. The zero-order valence-electron chi connectivity index (χ0n) is 15.6. The molecule has 2 aromatic rings. The third-order valence-electron chi connectivity index (χ3n) is 4.64. The van der Waals surface area contributed by atoms with E-state index < -0.39 is 0 Å². The number of carbonyl (C=O) groups is 2. The summed E-state index contributed by atoms with van der Waals surface area (Å²) in [7, 11) is 1.51. The second-order valence-corrected chi connectivity index (χ2v) is 6.49. The monoisotopic (exact) mass is 368 g/mol. The van der Waals surface area contributed by atoms with Crippen molar-refractivity contribution in [3.8, 4) is 5.75 Å².